The van der Waals surface area contributed by atoms with E-state index in [2.05, 4.69) is 5.10 Å². The van der Waals surface area contributed by atoms with Crippen molar-refractivity contribution in [1.29, 1.82) is 0 Å². The Bertz CT molecular complexity index is 575. The maximum atomic E-state index is 11.5. The Labute approximate surface area is 105 Å². The summed E-state index contributed by atoms with van der Waals surface area (Å²) in [5, 5.41) is 4.12. The second kappa shape index (κ2) is 4.91. The molecule has 5 nitrogen and oxygen atoms in total. The van der Waals surface area contributed by atoms with Crippen LogP contribution in [0.25, 0.3) is 5.69 Å². The van der Waals surface area contributed by atoms with Crippen LogP contribution in [0.2, 0.25) is 0 Å². The number of rotatable bonds is 3. The van der Waals surface area contributed by atoms with Crippen molar-refractivity contribution < 1.29 is 9.53 Å². The van der Waals surface area contributed by atoms with Gasteiger partial charge in [-0.05, 0) is 31.5 Å². The van der Waals surface area contributed by atoms with E-state index in [9.17, 15) is 4.79 Å². The highest BCUT2D eigenvalue weighted by Crippen LogP contribution is 2.18. The smallest absolute Gasteiger partial charge is 0.341 e. The Kier molecular flexibility index (Phi) is 3.32. The number of anilines is 1. The van der Waals surface area contributed by atoms with Crippen molar-refractivity contribution in [3.8, 4) is 5.69 Å². The SMILES string of the molecule is CCOC(=O)c1cnn(-c2ccc(C)cc2N)c1. The molecular formula is C13H15N3O2. The van der Waals surface area contributed by atoms with Crippen LogP contribution in [-0.2, 0) is 4.74 Å². The molecule has 0 saturated heterocycles. The fourth-order valence-electron chi connectivity index (χ4n) is 1.66. The summed E-state index contributed by atoms with van der Waals surface area (Å²) in [6.45, 7) is 4.07. The molecule has 1 aromatic heterocycles. The number of carbonyl (C=O) groups excluding carboxylic acids is 1. The number of aromatic nitrogens is 2. The first-order chi connectivity index (χ1) is 8.61. The van der Waals surface area contributed by atoms with E-state index in [0.29, 0.717) is 17.9 Å². The normalized spacial score (nSPS) is 10.3. The molecule has 0 bridgehead atoms. The quantitative estimate of drug-likeness (QED) is 0.662. The summed E-state index contributed by atoms with van der Waals surface area (Å²) < 4.78 is 6.47. The molecular weight excluding hydrogens is 230 g/mol. The summed E-state index contributed by atoms with van der Waals surface area (Å²) in [6, 6.07) is 5.67. The number of hydrogen-bond donors (Lipinski definition) is 1. The fraction of sp³-hybridized carbons (Fsp3) is 0.231. The van der Waals surface area contributed by atoms with Gasteiger partial charge in [0, 0.05) is 6.20 Å². The van der Waals surface area contributed by atoms with Crippen LogP contribution in [0.4, 0.5) is 5.69 Å². The number of carbonyl (C=O) groups is 1. The molecule has 0 saturated carbocycles. The standard InChI is InChI=1S/C13H15N3O2/c1-3-18-13(17)10-7-15-16(8-10)12-5-4-9(2)6-11(12)14/h4-8H,3,14H2,1-2H3. The Morgan fingerprint density at radius 3 is 2.94 bits per heavy atom. The second-order valence-corrected chi connectivity index (χ2v) is 3.96. The summed E-state index contributed by atoms with van der Waals surface area (Å²) in [6.07, 6.45) is 3.08. The third-order valence-corrected chi connectivity index (χ3v) is 2.52. The number of nitrogens with two attached hydrogens (primary N) is 1. The minimum atomic E-state index is -0.380. The highest BCUT2D eigenvalue weighted by Gasteiger charge is 2.11. The molecule has 0 aliphatic heterocycles. The molecule has 0 unspecified atom stereocenters. The van der Waals surface area contributed by atoms with E-state index in [1.807, 2.05) is 25.1 Å². The predicted octanol–water partition coefficient (Wildman–Crippen LogP) is 1.94. The minimum Gasteiger partial charge on any atom is -0.462 e. The van der Waals surface area contributed by atoms with Crippen LogP contribution >= 0.6 is 0 Å². The molecule has 1 heterocycles. The average Bonchev–Trinajstić information content (AvgIpc) is 2.78. The van der Waals surface area contributed by atoms with Gasteiger partial charge in [0.05, 0.1) is 29.7 Å². The highest BCUT2D eigenvalue weighted by molar-refractivity contribution is 5.88. The highest BCUT2D eigenvalue weighted by atomic mass is 16.5. The predicted molar refractivity (Wildman–Crippen MR) is 68.7 cm³/mol. The van der Waals surface area contributed by atoms with Crippen molar-refractivity contribution in [3.05, 3.63) is 41.7 Å². The monoisotopic (exact) mass is 245 g/mol. The zero-order valence-corrected chi connectivity index (χ0v) is 10.4. The first-order valence-corrected chi connectivity index (χ1v) is 5.70. The molecule has 1 aromatic carbocycles. The Balaban J connectivity index is 2.32. The molecule has 5 heteroatoms. The molecule has 0 aliphatic rings. The van der Waals surface area contributed by atoms with Gasteiger partial charge in [0.1, 0.15) is 0 Å². The first kappa shape index (κ1) is 12.2. The van der Waals surface area contributed by atoms with Gasteiger partial charge in [0.15, 0.2) is 0 Å². The number of benzene rings is 1. The molecule has 2 N–H and O–H groups in total. The molecule has 0 spiro atoms. The van der Waals surface area contributed by atoms with Crippen molar-refractivity contribution >= 4 is 11.7 Å². The summed E-state index contributed by atoms with van der Waals surface area (Å²) >= 11 is 0. The van der Waals surface area contributed by atoms with Gasteiger partial charge in [-0.3, -0.25) is 0 Å². The molecule has 0 aliphatic carbocycles. The van der Waals surface area contributed by atoms with Gasteiger partial charge in [-0.25, -0.2) is 9.48 Å². The van der Waals surface area contributed by atoms with Crippen LogP contribution < -0.4 is 5.73 Å². The van der Waals surface area contributed by atoms with Gasteiger partial charge in [-0.1, -0.05) is 6.07 Å². The maximum Gasteiger partial charge on any atom is 0.341 e. The lowest BCUT2D eigenvalue weighted by atomic mass is 10.2. The number of nitrogen functional groups attached to an aromatic ring is 1. The topological polar surface area (TPSA) is 70.1 Å². The lowest BCUT2D eigenvalue weighted by molar-refractivity contribution is 0.0526. The third kappa shape index (κ3) is 2.34. The van der Waals surface area contributed by atoms with E-state index in [1.54, 1.807) is 17.8 Å². The average molecular weight is 245 g/mol. The zero-order chi connectivity index (χ0) is 13.1. The molecule has 2 rings (SSSR count). The van der Waals surface area contributed by atoms with Crippen molar-refractivity contribution in [1.82, 2.24) is 9.78 Å². The summed E-state index contributed by atoms with van der Waals surface area (Å²) in [7, 11) is 0. The molecule has 0 radical (unpaired) electrons. The van der Waals surface area contributed by atoms with Gasteiger partial charge in [-0.2, -0.15) is 5.10 Å². The van der Waals surface area contributed by atoms with E-state index < -0.39 is 0 Å². The number of ether oxygens (including phenoxy) is 1. The van der Waals surface area contributed by atoms with Crippen molar-refractivity contribution in [2.75, 3.05) is 12.3 Å². The number of aryl methyl sites for hydroxylation is 1. The van der Waals surface area contributed by atoms with E-state index >= 15 is 0 Å². The fourth-order valence-corrected chi connectivity index (χ4v) is 1.66. The first-order valence-electron chi connectivity index (χ1n) is 5.70. The number of hydrogen-bond acceptors (Lipinski definition) is 4. The number of esters is 1. The Morgan fingerprint density at radius 1 is 1.50 bits per heavy atom. The van der Waals surface area contributed by atoms with Crippen LogP contribution in [-0.4, -0.2) is 22.4 Å². The van der Waals surface area contributed by atoms with E-state index in [0.717, 1.165) is 11.3 Å². The van der Waals surface area contributed by atoms with Crippen LogP contribution in [0.15, 0.2) is 30.6 Å². The van der Waals surface area contributed by atoms with Crippen molar-refractivity contribution in [3.63, 3.8) is 0 Å². The van der Waals surface area contributed by atoms with Crippen LogP contribution in [0, 0.1) is 6.92 Å². The van der Waals surface area contributed by atoms with Gasteiger partial charge in [0.2, 0.25) is 0 Å². The molecule has 18 heavy (non-hydrogen) atoms. The minimum absolute atomic E-state index is 0.344. The Morgan fingerprint density at radius 2 is 2.28 bits per heavy atom. The third-order valence-electron chi connectivity index (χ3n) is 2.52. The second-order valence-electron chi connectivity index (χ2n) is 3.96. The van der Waals surface area contributed by atoms with Crippen LogP contribution in [0.5, 0.6) is 0 Å². The van der Waals surface area contributed by atoms with Crippen molar-refractivity contribution in [2.45, 2.75) is 13.8 Å². The maximum absolute atomic E-state index is 11.5. The molecule has 0 fully saturated rings. The van der Waals surface area contributed by atoms with Gasteiger partial charge in [-0.15, -0.1) is 0 Å². The van der Waals surface area contributed by atoms with Crippen LogP contribution in [0.1, 0.15) is 22.8 Å². The van der Waals surface area contributed by atoms with Crippen LogP contribution in [0.3, 0.4) is 0 Å². The largest absolute Gasteiger partial charge is 0.462 e. The summed E-state index contributed by atoms with van der Waals surface area (Å²) in [4.78, 5) is 11.5. The summed E-state index contributed by atoms with van der Waals surface area (Å²) in [5.74, 6) is -0.380. The Hall–Kier alpha value is -2.30. The van der Waals surface area contributed by atoms with Gasteiger partial charge < -0.3 is 10.5 Å². The van der Waals surface area contributed by atoms with E-state index in [-0.39, 0.29) is 5.97 Å². The lowest BCUT2D eigenvalue weighted by Gasteiger charge is -2.06. The summed E-state index contributed by atoms with van der Waals surface area (Å²) in [5.41, 5.74) is 8.78. The molecule has 2 aromatic rings. The zero-order valence-electron chi connectivity index (χ0n) is 10.4. The van der Waals surface area contributed by atoms with E-state index in [4.69, 9.17) is 10.5 Å². The lowest BCUT2D eigenvalue weighted by Crippen LogP contribution is -2.03. The molecule has 0 amide bonds. The molecule has 0 atom stereocenters. The van der Waals surface area contributed by atoms with Gasteiger partial charge >= 0.3 is 5.97 Å². The van der Waals surface area contributed by atoms with Gasteiger partial charge in [0.25, 0.3) is 0 Å². The number of nitrogens with zero attached hydrogens (tertiary/aromatic N) is 2. The van der Waals surface area contributed by atoms with E-state index in [1.165, 1.54) is 6.20 Å². The van der Waals surface area contributed by atoms with Crippen molar-refractivity contribution in [2.24, 2.45) is 0 Å². The molecule has 94 valence electrons.